The molecule has 1 saturated carbocycles. The van der Waals surface area contributed by atoms with Crippen molar-refractivity contribution in [2.24, 2.45) is 0 Å². The first-order valence-corrected chi connectivity index (χ1v) is 8.78. The van der Waals surface area contributed by atoms with Crippen molar-refractivity contribution < 1.29 is 0 Å². The monoisotopic (exact) mass is 327 g/mol. The lowest BCUT2D eigenvalue weighted by molar-refractivity contribution is 0.275. The van der Waals surface area contributed by atoms with Gasteiger partial charge in [-0.2, -0.15) is 5.10 Å². The molecule has 1 aliphatic carbocycles. The van der Waals surface area contributed by atoms with Gasteiger partial charge in [-0.25, -0.2) is 0 Å². The van der Waals surface area contributed by atoms with Gasteiger partial charge < -0.3 is 0 Å². The van der Waals surface area contributed by atoms with Crippen LogP contribution >= 0.6 is 15.9 Å². The zero-order chi connectivity index (χ0) is 13.5. The van der Waals surface area contributed by atoms with Crippen molar-refractivity contribution in [1.29, 1.82) is 0 Å². The smallest absolute Gasteiger partial charge is 0.0764 e. The lowest BCUT2D eigenvalue weighted by Gasteiger charge is -2.22. The van der Waals surface area contributed by atoms with Crippen molar-refractivity contribution in [2.75, 3.05) is 18.4 Å². The van der Waals surface area contributed by atoms with E-state index in [0.717, 1.165) is 25.0 Å². The second-order valence-corrected chi connectivity index (χ2v) is 6.34. The third-order valence-electron chi connectivity index (χ3n) is 3.94. The second-order valence-electron chi connectivity index (χ2n) is 5.54. The third-order valence-corrected chi connectivity index (χ3v) is 4.29. The topological polar surface area (TPSA) is 21.1 Å². The molecule has 3 nitrogen and oxygen atoms in total. The minimum atomic E-state index is 0.651. The fourth-order valence-electron chi connectivity index (χ4n) is 2.95. The highest BCUT2D eigenvalue weighted by Gasteiger charge is 2.16. The lowest BCUT2D eigenvalue weighted by Crippen LogP contribution is -2.26. The summed E-state index contributed by atoms with van der Waals surface area (Å²) in [4.78, 5) is 2.47. The molecule has 1 aromatic heterocycles. The van der Waals surface area contributed by atoms with Gasteiger partial charge in [0.05, 0.1) is 11.7 Å². The average Bonchev–Trinajstić information content (AvgIpc) is 2.89. The number of rotatable bonds is 7. The van der Waals surface area contributed by atoms with E-state index in [1.807, 2.05) is 0 Å². The number of nitrogens with zero attached hydrogens (tertiary/aromatic N) is 3. The summed E-state index contributed by atoms with van der Waals surface area (Å²) in [6.45, 7) is 5.48. The van der Waals surface area contributed by atoms with Crippen LogP contribution in [0, 0.1) is 0 Å². The molecule has 0 atom stereocenters. The van der Waals surface area contributed by atoms with Crippen LogP contribution in [0.5, 0.6) is 0 Å². The van der Waals surface area contributed by atoms with Gasteiger partial charge in [-0.3, -0.25) is 9.58 Å². The quantitative estimate of drug-likeness (QED) is 0.706. The Morgan fingerprint density at radius 1 is 1.32 bits per heavy atom. The van der Waals surface area contributed by atoms with Gasteiger partial charge in [-0.1, -0.05) is 42.1 Å². The molecule has 0 radical (unpaired) electrons. The van der Waals surface area contributed by atoms with E-state index in [4.69, 9.17) is 5.10 Å². The number of alkyl halides is 1. The van der Waals surface area contributed by atoms with Gasteiger partial charge in [0.15, 0.2) is 0 Å². The van der Waals surface area contributed by atoms with Crippen LogP contribution in [0.25, 0.3) is 0 Å². The Kier molecular flexibility index (Phi) is 6.38. The molecule has 1 heterocycles. The van der Waals surface area contributed by atoms with Gasteiger partial charge in [0.2, 0.25) is 0 Å². The van der Waals surface area contributed by atoms with Crippen molar-refractivity contribution in [3.05, 3.63) is 18.0 Å². The Balaban J connectivity index is 1.91. The van der Waals surface area contributed by atoms with E-state index >= 15 is 0 Å². The SMILES string of the molecule is CCCN(CCBr)Cc1ccn(C2CCCCC2)n1. The zero-order valence-electron chi connectivity index (χ0n) is 12.0. The van der Waals surface area contributed by atoms with E-state index in [1.54, 1.807) is 0 Å². The van der Waals surface area contributed by atoms with Gasteiger partial charge in [-0.05, 0) is 31.9 Å². The van der Waals surface area contributed by atoms with Crippen molar-refractivity contribution in [2.45, 2.75) is 58.0 Å². The molecule has 0 amide bonds. The Bertz CT molecular complexity index is 352. The molecule has 0 unspecified atom stereocenters. The van der Waals surface area contributed by atoms with Crippen LogP contribution in [0.15, 0.2) is 12.3 Å². The number of hydrogen-bond acceptors (Lipinski definition) is 2. The Morgan fingerprint density at radius 2 is 2.11 bits per heavy atom. The molecule has 0 saturated heterocycles. The van der Waals surface area contributed by atoms with Crippen LogP contribution in [0.4, 0.5) is 0 Å². The highest BCUT2D eigenvalue weighted by Crippen LogP contribution is 2.27. The van der Waals surface area contributed by atoms with Crippen LogP contribution < -0.4 is 0 Å². The van der Waals surface area contributed by atoms with Crippen LogP contribution in [-0.4, -0.2) is 33.1 Å². The molecule has 1 fully saturated rings. The van der Waals surface area contributed by atoms with Crippen molar-refractivity contribution in [3.8, 4) is 0 Å². The minimum absolute atomic E-state index is 0.651. The normalized spacial score (nSPS) is 17.2. The maximum absolute atomic E-state index is 4.80. The summed E-state index contributed by atoms with van der Waals surface area (Å²) in [6.07, 6.45) is 10.1. The maximum atomic E-state index is 4.80. The van der Waals surface area contributed by atoms with Gasteiger partial charge in [0.25, 0.3) is 0 Å². The highest BCUT2D eigenvalue weighted by atomic mass is 79.9. The van der Waals surface area contributed by atoms with Crippen LogP contribution in [0.1, 0.15) is 57.2 Å². The summed E-state index contributed by atoms with van der Waals surface area (Å²) < 4.78 is 2.22. The predicted octanol–water partition coefficient (Wildman–Crippen LogP) is 4.00. The number of halogens is 1. The predicted molar refractivity (Wildman–Crippen MR) is 83.7 cm³/mol. The van der Waals surface area contributed by atoms with E-state index in [0.29, 0.717) is 6.04 Å². The van der Waals surface area contributed by atoms with Crippen molar-refractivity contribution >= 4 is 15.9 Å². The molecule has 2 rings (SSSR count). The molecule has 4 heteroatoms. The largest absolute Gasteiger partial charge is 0.297 e. The fraction of sp³-hybridized carbons (Fsp3) is 0.800. The van der Waals surface area contributed by atoms with Gasteiger partial charge in [0.1, 0.15) is 0 Å². The fourth-order valence-corrected chi connectivity index (χ4v) is 3.45. The summed E-state index contributed by atoms with van der Waals surface area (Å²) >= 11 is 3.53. The summed E-state index contributed by atoms with van der Waals surface area (Å²) in [6, 6.07) is 2.85. The van der Waals surface area contributed by atoms with E-state index in [9.17, 15) is 0 Å². The molecule has 0 bridgehead atoms. The molecule has 0 aromatic carbocycles. The standard InChI is InChI=1S/C15H26BrN3/c1-2-10-18(12-9-16)13-14-8-11-19(17-14)15-6-4-3-5-7-15/h8,11,15H,2-7,9-10,12-13H2,1H3. The zero-order valence-corrected chi connectivity index (χ0v) is 13.6. The summed E-state index contributed by atoms with van der Waals surface area (Å²) in [7, 11) is 0. The summed E-state index contributed by atoms with van der Waals surface area (Å²) in [5.41, 5.74) is 1.22. The Labute approximate surface area is 125 Å². The lowest BCUT2D eigenvalue weighted by atomic mass is 9.96. The molecule has 0 aliphatic heterocycles. The first-order valence-electron chi connectivity index (χ1n) is 7.66. The molecule has 0 spiro atoms. The van der Waals surface area contributed by atoms with Crippen molar-refractivity contribution in [1.82, 2.24) is 14.7 Å². The van der Waals surface area contributed by atoms with Gasteiger partial charge in [0, 0.05) is 24.6 Å². The summed E-state index contributed by atoms with van der Waals surface area (Å²) in [5, 5.41) is 5.84. The minimum Gasteiger partial charge on any atom is -0.297 e. The Hall–Kier alpha value is -0.350. The van der Waals surface area contributed by atoms with E-state index in [-0.39, 0.29) is 0 Å². The Morgan fingerprint density at radius 3 is 2.79 bits per heavy atom. The molecule has 0 N–H and O–H groups in total. The molecule has 108 valence electrons. The van der Waals surface area contributed by atoms with Crippen LogP contribution in [-0.2, 0) is 6.54 Å². The average molecular weight is 328 g/mol. The first-order chi connectivity index (χ1) is 9.33. The molecule has 1 aliphatic rings. The van der Waals surface area contributed by atoms with Gasteiger partial charge >= 0.3 is 0 Å². The van der Waals surface area contributed by atoms with E-state index in [2.05, 4.69) is 44.7 Å². The van der Waals surface area contributed by atoms with E-state index in [1.165, 1.54) is 44.2 Å². The summed E-state index contributed by atoms with van der Waals surface area (Å²) in [5.74, 6) is 0. The highest BCUT2D eigenvalue weighted by molar-refractivity contribution is 9.09. The van der Waals surface area contributed by atoms with Crippen LogP contribution in [0.2, 0.25) is 0 Å². The van der Waals surface area contributed by atoms with Gasteiger partial charge in [-0.15, -0.1) is 0 Å². The van der Waals surface area contributed by atoms with Crippen molar-refractivity contribution in [3.63, 3.8) is 0 Å². The third kappa shape index (κ3) is 4.60. The molecular formula is C15H26BrN3. The molecule has 19 heavy (non-hydrogen) atoms. The molecule has 1 aromatic rings. The second kappa shape index (κ2) is 8.05. The number of hydrogen-bond donors (Lipinski definition) is 0. The van der Waals surface area contributed by atoms with Crippen LogP contribution in [0.3, 0.4) is 0 Å². The first kappa shape index (κ1) is 15.0. The maximum Gasteiger partial charge on any atom is 0.0764 e. The molecular weight excluding hydrogens is 302 g/mol. The van der Waals surface area contributed by atoms with E-state index < -0.39 is 0 Å². The number of aromatic nitrogens is 2.